The second kappa shape index (κ2) is 4.84. The van der Waals surface area contributed by atoms with Crippen molar-refractivity contribution < 1.29 is 19.7 Å². The number of nitrogens with two attached hydrogens (primary N) is 1. The number of nitrogen functional groups attached to an aromatic ring is 1. The van der Waals surface area contributed by atoms with E-state index in [4.69, 9.17) is 15.6 Å². The molecular weight excluding hydrogens is 242 g/mol. The van der Waals surface area contributed by atoms with Gasteiger partial charge in [-0.3, -0.25) is 9.36 Å². The summed E-state index contributed by atoms with van der Waals surface area (Å²) < 4.78 is 6.38. The SMILES string of the molecule is Nc1nc(=O)n(C2CC(O)C(CO)O2)cc1C=O. The molecule has 1 saturated heterocycles. The molecule has 4 N–H and O–H groups in total. The van der Waals surface area contributed by atoms with Crippen LogP contribution in [0.1, 0.15) is 23.0 Å². The summed E-state index contributed by atoms with van der Waals surface area (Å²) in [6.07, 6.45) is -0.545. The zero-order valence-electron chi connectivity index (χ0n) is 9.39. The predicted molar refractivity (Wildman–Crippen MR) is 59.9 cm³/mol. The minimum Gasteiger partial charge on any atom is -0.394 e. The lowest BCUT2D eigenvalue weighted by molar-refractivity contribution is -0.0458. The molecule has 8 nitrogen and oxygen atoms in total. The van der Waals surface area contributed by atoms with Crippen LogP contribution >= 0.6 is 0 Å². The van der Waals surface area contributed by atoms with Gasteiger partial charge in [0.05, 0.1) is 18.3 Å². The van der Waals surface area contributed by atoms with Crippen LogP contribution in [-0.4, -0.2) is 44.9 Å². The molecule has 0 amide bonds. The molecule has 98 valence electrons. The first-order valence-corrected chi connectivity index (χ1v) is 5.35. The summed E-state index contributed by atoms with van der Waals surface area (Å²) in [4.78, 5) is 25.8. The Balaban J connectivity index is 2.35. The zero-order valence-corrected chi connectivity index (χ0v) is 9.39. The third-order valence-electron chi connectivity index (χ3n) is 2.83. The van der Waals surface area contributed by atoms with E-state index in [1.165, 1.54) is 6.20 Å². The molecule has 1 aliphatic heterocycles. The molecule has 0 aromatic carbocycles. The molecular formula is C10H13N3O5. The second-order valence-electron chi connectivity index (χ2n) is 4.00. The Hall–Kier alpha value is -1.77. The molecule has 8 heteroatoms. The number of nitrogens with zero attached hydrogens (tertiary/aromatic N) is 2. The van der Waals surface area contributed by atoms with Crippen molar-refractivity contribution in [2.24, 2.45) is 0 Å². The van der Waals surface area contributed by atoms with Crippen molar-refractivity contribution in [3.8, 4) is 0 Å². The van der Waals surface area contributed by atoms with Gasteiger partial charge < -0.3 is 20.7 Å². The molecule has 1 fully saturated rings. The summed E-state index contributed by atoms with van der Waals surface area (Å²) in [7, 11) is 0. The molecule has 0 radical (unpaired) electrons. The molecule has 3 unspecified atom stereocenters. The van der Waals surface area contributed by atoms with Crippen molar-refractivity contribution in [1.29, 1.82) is 0 Å². The lowest BCUT2D eigenvalue weighted by Gasteiger charge is -2.14. The van der Waals surface area contributed by atoms with Crippen molar-refractivity contribution in [3.05, 3.63) is 22.2 Å². The number of carbonyl (C=O) groups is 1. The molecule has 1 aromatic heterocycles. The first-order valence-electron chi connectivity index (χ1n) is 5.35. The summed E-state index contributed by atoms with van der Waals surface area (Å²) in [5.41, 5.74) is 4.79. The van der Waals surface area contributed by atoms with Gasteiger partial charge in [0.25, 0.3) is 0 Å². The topological polar surface area (TPSA) is 128 Å². The molecule has 2 heterocycles. The van der Waals surface area contributed by atoms with E-state index < -0.39 is 24.1 Å². The molecule has 0 bridgehead atoms. The average molecular weight is 255 g/mol. The fraction of sp³-hybridized carbons (Fsp3) is 0.500. The Labute approximate surface area is 102 Å². The van der Waals surface area contributed by atoms with Gasteiger partial charge in [-0.1, -0.05) is 0 Å². The predicted octanol–water partition coefficient (Wildman–Crippen LogP) is -1.72. The molecule has 0 saturated carbocycles. The summed E-state index contributed by atoms with van der Waals surface area (Å²) in [6.45, 7) is -0.352. The van der Waals surface area contributed by atoms with Gasteiger partial charge in [-0.2, -0.15) is 4.98 Å². The van der Waals surface area contributed by atoms with Gasteiger partial charge in [0, 0.05) is 12.6 Å². The smallest absolute Gasteiger partial charge is 0.351 e. The minimum atomic E-state index is -0.871. The number of hydrogen-bond acceptors (Lipinski definition) is 7. The van der Waals surface area contributed by atoms with Crippen LogP contribution in [0.3, 0.4) is 0 Å². The Morgan fingerprint density at radius 2 is 2.39 bits per heavy atom. The fourth-order valence-electron chi connectivity index (χ4n) is 1.84. The molecule has 18 heavy (non-hydrogen) atoms. The van der Waals surface area contributed by atoms with E-state index in [-0.39, 0.29) is 24.4 Å². The highest BCUT2D eigenvalue weighted by Gasteiger charge is 2.35. The maximum absolute atomic E-state index is 11.6. The van der Waals surface area contributed by atoms with E-state index in [0.29, 0.717) is 6.29 Å². The van der Waals surface area contributed by atoms with Gasteiger partial charge in [0.2, 0.25) is 0 Å². The maximum Gasteiger partial charge on any atom is 0.351 e. The largest absolute Gasteiger partial charge is 0.394 e. The van der Waals surface area contributed by atoms with Gasteiger partial charge >= 0.3 is 5.69 Å². The number of aliphatic hydroxyl groups is 2. The first kappa shape index (κ1) is 12.7. The Bertz CT molecular complexity index is 515. The Morgan fingerprint density at radius 3 is 2.94 bits per heavy atom. The van der Waals surface area contributed by atoms with E-state index >= 15 is 0 Å². The molecule has 2 rings (SSSR count). The quantitative estimate of drug-likeness (QED) is 0.548. The number of ether oxygens (including phenoxy) is 1. The van der Waals surface area contributed by atoms with Crippen LogP contribution in [0.25, 0.3) is 0 Å². The Morgan fingerprint density at radius 1 is 1.67 bits per heavy atom. The van der Waals surface area contributed by atoms with Crippen LogP contribution in [-0.2, 0) is 4.74 Å². The van der Waals surface area contributed by atoms with Gasteiger partial charge in [0.15, 0.2) is 6.29 Å². The van der Waals surface area contributed by atoms with E-state index in [1.54, 1.807) is 0 Å². The maximum atomic E-state index is 11.6. The van der Waals surface area contributed by atoms with Crippen molar-refractivity contribution in [2.45, 2.75) is 24.9 Å². The number of rotatable bonds is 3. The molecule has 1 aromatic rings. The van der Waals surface area contributed by atoms with E-state index in [1.807, 2.05) is 0 Å². The normalized spacial score (nSPS) is 27.3. The highest BCUT2D eigenvalue weighted by atomic mass is 16.5. The number of hydrogen-bond donors (Lipinski definition) is 3. The van der Waals surface area contributed by atoms with Crippen LogP contribution in [0.2, 0.25) is 0 Å². The summed E-state index contributed by atoms with van der Waals surface area (Å²) in [6, 6.07) is 0. The van der Waals surface area contributed by atoms with Crippen molar-refractivity contribution in [3.63, 3.8) is 0 Å². The highest BCUT2D eigenvalue weighted by Crippen LogP contribution is 2.27. The molecule has 0 aliphatic carbocycles. The molecule has 0 spiro atoms. The third kappa shape index (κ3) is 2.13. The number of anilines is 1. The van der Waals surface area contributed by atoms with Gasteiger partial charge in [-0.25, -0.2) is 4.79 Å². The number of aliphatic hydroxyl groups excluding tert-OH is 2. The standard InChI is InChI=1S/C10H13N3O5/c11-9-5(3-14)2-13(10(17)12-9)8-1-6(16)7(4-15)18-8/h2-3,6-8,15-16H,1,4H2,(H2,11,12,17). The number of aromatic nitrogens is 2. The minimum absolute atomic E-state index is 0.0696. The monoisotopic (exact) mass is 255 g/mol. The van der Waals surface area contributed by atoms with E-state index in [2.05, 4.69) is 4.98 Å². The van der Waals surface area contributed by atoms with Crippen LogP contribution in [0.5, 0.6) is 0 Å². The number of aldehydes is 1. The van der Waals surface area contributed by atoms with Crippen molar-refractivity contribution in [2.75, 3.05) is 12.3 Å². The summed E-state index contributed by atoms with van der Waals surface area (Å²) in [5, 5.41) is 18.5. The van der Waals surface area contributed by atoms with Gasteiger partial charge in [-0.15, -0.1) is 0 Å². The summed E-state index contributed by atoms with van der Waals surface area (Å²) in [5.74, 6) is -0.150. The van der Waals surface area contributed by atoms with Crippen LogP contribution < -0.4 is 11.4 Å². The Kier molecular flexibility index (Phi) is 3.41. The number of carbonyl (C=O) groups excluding carboxylic acids is 1. The molecule has 3 atom stereocenters. The van der Waals surface area contributed by atoms with Crippen LogP contribution in [0.15, 0.2) is 11.0 Å². The van der Waals surface area contributed by atoms with Gasteiger partial charge in [-0.05, 0) is 0 Å². The van der Waals surface area contributed by atoms with Crippen molar-refractivity contribution in [1.82, 2.24) is 9.55 Å². The van der Waals surface area contributed by atoms with Gasteiger partial charge in [0.1, 0.15) is 18.1 Å². The average Bonchev–Trinajstić information content (AvgIpc) is 2.70. The first-order chi connectivity index (χ1) is 8.56. The zero-order chi connectivity index (χ0) is 13.3. The van der Waals surface area contributed by atoms with Crippen molar-refractivity contribution >= 4 is 12.1 Å². The van der Waals surface area contributed by atoms with Crippen LogP contribution in [0, 0.1) is 0 Å². The molecule has 1 aliphatic rings. The third-order valence-corrected chi connectivity index (χ3v) is 2.83. The second-order valence-corrected chi connectivity index (χ2v) is 4.00. The highest BCUT2D eigenvalue weighted by molar-refractivity contribution is 5.80. The fourth-order valence-corrected chi connectivity index (χ4v) is 1.84. The lowest BCUT2D eigenvalue weighted by atomic mass is 10.2. The van der Waals surface area contributed by atoms with Crippen LogP contribution in [0.4, 0.5) is 5.82 Å². The summed E-state index contributed by atoms with van der Waals surface area (Å²) >= 11 is 0. The van der Waals surface area contributed by atoms with E-state index in [0.717, 1.165) is 4.57 Å². The van der Waals surface area contributed by atoms with E-state index in [9.17, 15) is 14.7 Å². The lowest BCUT2D eigenvalue weighted by Crippen LogP contribution is -2.29.